The molecule has 1 rings (SSSR count). The van der Waals surface area contributed by atoms with Crippen LogP contribution in [0.3, 0.4) is 0 Å². The fourth-order valence-corrected chi connectivity index (χ4v) is 1.51. The molecule has 0 aromatic heterocycles. The van der Waals surface area contributed by atoms with Crippen molar-refractivity contribution in [1.82, 2.24) is 0 Å². The summed E-state index contributed by atoms with van der Waals surface area (Å²) in [6.45, 7) is 0.0482. The molecule has 0 aliphatic heterocycles. The quantitative estimate of drug-likeness (QED) is 0.690. The van der Waals surface area contributed by atoms with E-state index in [1.165, 1.54) is 0 Å². The number of allylic oxidation sites excluding steroid dienone is 3. The molecule has 2 N–H and O–H groups in total. The summed E-state index contributed by atoms with van der Waals surface area (Å²) >= 11 is 0. The molecule has 3 nitrogen and oxygen atoms in total. The average molecular weight is 182 g/mol. The van der Waals surface area contributed by atoms with E-state index in [1.54, 1.807) is 12.2 Å². The number of aliphatic hydroxyl groups excluding tert-OH is 1. The Kier molecular flexibility index (Phi) is 3.25. The first-order chi connectivity index (χ1) is 6.21. The van der Waals surface area contributed by atoms with E-state index in [1.807, 2.05) is 12.2 Å². The maximum atomic E-state index is 11.0. The highest BCUT2D eigenvalue weighted by atomic mass is 16.4. The van der Waals surface area contributed by atoms with E-state index in [4.69, 9.17) is 10.2 Å². The van der Waals surface area contributed by atoms with Gasteiger partial charge in [0.2, 0.25) is 0 Å². The van der Waals surface area contributed by atoms with E-state index in [9.17, 15) is 4.79 Å². The number of aliphatic hydroxyl groups is 1. The molecule has 1 aliphatic rings. The van der Waals surface area contributed by atoms with Crippen molar-refractivity contribution in [2.45, 2.75) is 19.3 Å². The van der Waals surface area contributed by atoms with Gasteiger partial charge in [-0.15, -0.1) is 0 Å². The van der Waals surface area contributed by atoms with Crippen LogP contribution in [0.2, 0.25) is 0 Å². The molecule has 0 heterocycles. The van der Waals surface area contributed by atoms with Crippen molar-refractivity contribution in [3.8, 4) is 0 Å². The zero-order valence-corrected chi connectivity index (χ0v) is 7.44. The Bertz CT molecular complexity index is 243. The molecule has 0 saturated heterocycles. The lowest BCUT2D eigenvalue weighted by molar-refractivity contribution is -0.146. The predicted octanol–water partition coefficient (Wildman–Crippen LogP) is 1.35. The van der Waals surface area contributed by atoms with Crippen LogP contribution in [0.4, 0.5) is 0 Å². The molecule has 1 atom stereocenters. The highest BCUT2D eigenvalue weighted by Crippen LogP contribution is 2.33. The Balaban J connectivity index is 2.70. The van der Waals surface area contributed by atoms with Gasteiger partial charge in [0.15, 0.2) is 0 Å². The predicted molar refractivity (Wildman–Crippen MR) is 49.3 cm³/mol. The van der Waals surface area contributed by atoms with Gasteiger partial charge in [0, 0.05) is 6.61 Å². The molecule has 3 heteroatoms. The first-order valence-electron chi connectivity index (χ1n) is 4.40. The van der Waals surface area contributed by atoms with Crippen molar-refractivity contribution in [2.24, 2.45) is 5.41 Å². The van der Waals surface area contributed by atoms with Crippen LogP contribution in [0.15, 0.2) is 24.3 Å². The smallest absolute Gasteiger partial charge is 0.313 e. The number of hydrogen-bond acceptors (Lipinski definition) is 2. The van der Waals surface area contributed by atoms with Crippen molar-refractivity contribution in [3.05, 3.63) is 24.3 Å². The maximum absolute atomic E-state index is 11.0. The number of hydrogen-bond donors (Lipinski definition) is 2. The molecule has 1 unspecified atom stereocenters. The standard InChI is InChI=1S/C10H14O3/c11-8-4-7-10(9(12)13)5-2-1-3-6-10/h1-3,5,11H,4,6-8H2,(H,12,13). The minimum absolute atomic E-state index is 0.0482. The summed E-state index contributed by atoms with van der Waals surface area (Å²) in [5, 5.41) is 17.7. The van der Waals surface area contributed by atoms with E-state index in [2.05, 4.69) is 0 Å². The third-order valence-electron chi connectivity index (χ3n) is 2.35. The first kappa shape index (κ1) is 9.99. The first-order valence-corrected chi connectivity index (χ1v) is 4.40. The van der Waals surface area contributed by atoms with Crippen LogP contribution in [-0.2, 0) is 4.79 Å². The Morgan fingerprint density at radius 3 is 2.69 bits per heavy atom. The molecule has 1 aliphatic carbocycles. The molecule has 0 aromatic carbocycles. The summed E-state index contributed by atoms with van der Waals surface area (Å²) in [7, 11) is 0. The Hall–Kier alpha value is -1.09. The molecule has 0 bridgehead atoms. The zero-order valence-electron chi connectivity index (χ0n) is 7.44. The Morgan fingerprint density at radius 1 is 1.46 bits per heavy atom. The topological polar surface area (TPSA) is 57.5 Å². The van der Waals surface area contributed by atoms with Crippen LogP contribution in [-0.4, -0.2) is 22.8 Å². The van der Waals surface area contributed by atoms with Crippen molar-refractivity contribution in [3.63, 3.8) is 0 Å². The van der Waals surface area contributed by atoms with Gasteiger partial charge in [0.1, 0.15) is 0 Å². The highest BCUT2D eigenvalue weighted by Gasteiger charge is 2.34. The summed E-state index contributed by atoms with van der Waals surface area (Å²) in [5.41, 5.74) is -0.780. The number of carboxylic acid groups (broad SMARTS) is 1. The van der Waals surface area contributed by atoms with Gasteiger partial charge in [0.05, 0.1) is 5.41 Å². The lowest BCUT2D eigenvalue weighted by atomic mass is 9.78. The molecule has 0 spiro atoms. The minimum atomic E-state index is -0.804. The molecule has 72 valence electrons. The molecule has 0 radical (unpaired) electrons. The maximum Gasteiger partial charge on any atom is 0.313 e. The fraction of sp³-hybridized carbons (Fsp3) is 0.500. The van der Waals surface area contributed by atoms with Crippen molar-refractivity contribution >= 4 is 5.97 Å². The normalized spacial score (nSPS) is 26.2. The van der Waals surface area contributed by atoms with Gasteiger partial charge < -0.3 is 10.2 Å². The van der Waals surface area contributed by atoms with Gasteiger partial charge in [-0.1, -0.05) is 24.3 Å². The summed E-state index contributed by atoms with van der Waals surface area (Å²) in [4.78, 5) is 11.0. The summed E-state index contributed by atoms with van der Waals surface area (Å²) in [5.74, 6) is -0.804. The molecular weight excluding hydrogens is 168 g/mol. The van der Waals surface area contributed by atoms with E-state index in [0.717, 1.165) is 0 Å². The van der Waals surface area contributed by atoms with E-state index >= 15 is 0 Å². The van der Waals surface area contributed by atoms with Crippen LogP contribution in [0.25, 0.3) is 0 Å². The van der Waals surface area contributed by atoms with Crippen LogP contribution in [0.5, 0.6) is 0 Å². The third kappa shape index (κ3) is 2.18. The fourth-order valence-electron chi connectivity index (χ4n) is 1.51. The highest BCUT2D eigenvalue weighted by molar-refractivity contribution is 5.77. The van der Waals surface area contributed by atoms with Crippen LogP contribution < -0.4 is 0 Å². The Labute approximate surface area is 77.4 Å². The van der Waals surface area contributed by atoms with Gasteiger partial charge in [-0.3, -0.25) is 4.79 Å². The number of carbonyl (C=O) groups is 1. The van der Waals surface area contributed by atoms with Crippen molar-refractivity contribution in [1.29, 1.82) is 0 Å². The molecule has 13 heavy (non-hydrogen) atoms. The number of carboxylic acids is 1. The van der Waals surface area contributed by atoms with Gasteiger partial charge in [-0.25, -0.2) is 0 Å². The van der Waals surface area contributed by atoms with Crippen molar-refractivity contribution in [2.75, 3.05) is 6.61 Å². The van der Waals surface area contributed by atoms with E-state index in [0.29, 0.717) is 19.3 Å². The van der Waals surface area contributed by atoms with Crippen LogP contribution >= 0.6 is 0 Å². The van der Waals surface area contributed by atoms with E-state index < -0.39 is 11.4 Å². The SMILES string of the molecule is O=C(O)C1(CCCO)C=CC=CC1. The van der Waals surface area contributed by atoms with Gasteiger partial charge in [-0.2, -0.15) is 0 Å². The number of aliphatic carboxylic acids is 1. The molecule has 0 fully saturated rings. The van der Waals surface area contributed by atoms with Gasteiger partial charge in [-0.05, 0) is 19.3 Å². The number of rotatable bonds is 4. The molecule has 0 aromatic rings. The lowest BCUT2D eigenvalue weighted by Gasteiger charge is -2.25. The van der Waals surface area contributed by atoms with Crippen LogP contribution in [0.1, 0.15) is 19.3 Å². The zero-order chi connectivity index (χ0) is 9.73. The third-order valence-corrected chi connectivity index (χ3v) is 2.35. The van der Waals surface area contributed by atoms with Gasteiger partial charge >= 0.3 is 5.97 Å². The van der Waals surface area contributed by atoms with E-state index in [-0.39, 0.29) is 6.61 Å². The molecular formula is C10H14O3. The van der Waals surface area contributed by atoms with Gasteiger partial charge in [0.25, 0.3) is 0 Å². The van der Waals surface area contributed by atoms with Crippen molar-refractivity contribution < 1.29 is 15.0 Å². The largest absolute Gasteiger partial charge is 0.481 e. The average Bonchev–Trinajstić information content (AvgIpc) is 2.16. The second-order valence-corrected chi connectivity index (χ2v) is 3.28. The second-order valence-electron chi connectivity index (χ2n) is 3.28. The Morgan fingerprint density at radius 2 is 2.23 bits per heavy atom. The molecule has 0 amide bonds. The molecule has 0 saturated carbocycles. The van der Waals surface area contributed by atoms with Crippen LogP contribution in [0, 0.1) is 5.41 Å². The lowest BCUT2D eigenvalue weighted by Crippen LogP contribution is -2.29. The summed E-state index contributed by atoms with van der Waals surface area (Å²) in [6.07, 6.45) is 8.73. The summed E-state index contributed by atoms with van der Waals surface area (Å²) < 4.78 is 0. The summed E-state index contributed by atoms with van der Waals surface area (Å²) in [6, 6.07) is 0. The second kappa shape index (κ2) is 4.23. The minimum Gasteiger partial charge on any atom is -0.481 e. The monoisotopic (exact) mass is 182 g/mol.